The average Bonchev–Trinajstić information content (AvgIpc) is 2.23. The van der Waals surface area contributed by atoms with Crippen LogP contribution in [0.3, 0.4) is 0 Å². The Labute approximate surface area is 101 Å². The van der Waals surface area contributed by atoms with Gasteiger partial charge in [0, 0.05) is 13.1 Å². The first kappa shape index (κ1) is 11.5. The van der Waals surface area contributed by atoms with Gasteiger partial charge in [0.05, 0.1) is 0 Å². The number of halogens is 1. The van der Waals surface area contributed by atoms with E-state index in [1.165, 1.54) is 38.4 Å². The molecule has 88 valence electrons. The summed E-state index contributed by atoms with van der Waals surface area (Å²) >= 11 is 6.13. The number of hydrogen-bond acceptors (Lipinski definition) is 4. The fourth-order valence-corrected chi connectivity index (χ4v) is 2.27. The number of anilines is 2. The normalized spacial score (nSPS) is 17.9. The predicted molar refractivity (Wildman–Crippen MR) is 66.8 cm³/mol. The number of nitrogens with two attached hydrogens (primary N) is 1. The van der Waals surface area contributed by atoms with Gasteiger partial charge in [0.25, 0.3) is 0 Å². The molecule has 5 heteroatoms. The molecular formula is C11H17ClN4. The molecule has 0 unspecified atom stereocenters. The minimum Gasteiger partial charge on any atom is -0.382 e. The number of rotatable bonds is 1. The summed E-state index contributed by atoms with van der Waals surface area (Å²) in [5, 5.41) is 0.489. The summed E-state index contributed by atoms with van der Waals surface area (Å²) in [6.07, 6.45) is 7.78. The van der Waals surface area contributed by atoms with Crippen LogP contribution in [0.2, 0.25) is 5.02 Å². The van der Waals surface area contributed by atoms with E-state index in [4.69, 9.17) is 17.3 Å². The van der Waals surface area contributed by atoms with Crippen LogP contribution in [0.4, 0.5) is 11.6 Å². The van der Waals surface area contributed by atoms with Crippen LogP contribution in [0.25, 0.3) is 0 Å². The van der Waals surface area contributed by atoms with Gasteiger partial charge in [0.1, 0.15) is 17.2 Å². The lowest BCUT2D eigenvalue weighted by Gasteiger charge is -2.26. The van der Waals surface area contributed by atoms with Crippen molar-refractivity contribution in [3.05, 3.63) is 11.3 Å². The molecule has 0 spiro atoms. The van der Waals surface area contributed by atoms with Crippen LogP contribution >= 0.6 is 11.6 Å². The zero-order valence-corrected chi connectivity index (χ0v) is 10.1. The number of nitrogens with zero attached hydrogens (tertiary/aromatic N) is 3. The Balaban J connectivity index is 2.17. The maximum absolute atomic E-state index is 6.13. The van der Waals surface area contributed by atoms with E-state index >= 15 is 0 Å². The van der Waals surface area contributed by atoms with Crippen molar-refractivity contribution in [3.63, 3.8) is 0 Å². The van der Waals surface area contributed by atoms with Crippen LogP contribution in [-0.4, -0.2) is 23.1 Å². The van der Waals surface area contributed by atoms with Crippen molar-refractivity contribution in [3.8, 4) is 0 Å². The summed E-state index contributed by atoms with van der Waals surface area (Å²) in [5.74, 6) is 1.16. The Morgan fingerprint density at radius 2 is 1.69 bits per heavy atom. The fourth-order valence-electron chi connectivity index (χ4n) is 2.05. The lowest BCUT2D eigenvalue weighted by molar-refractivity contribution is 0.553. The van der Waals surface area contributed by atoms with E-state index in [1.807, 2.05) is 0 Å². The highest BCUT2D eigenvalue weighted by Gasteiger charge is 2.15. The molecule has 16 heavy (non-hydrogen) atoms. The van der Waals surface area contributed by atoms with Crippen molar-refractivity contribution >= 4 is 23.2 Å². The standard InChI is InChI=1S/C11H17ClN4/c12-9-10(13)14-8-15-11(9)16-6-4-2-1-3-5-7-16/h8H,1-7H2,(H2,13,14,15). The van der Waals surface area contributed by atoms with Gasteiger partial charge in [-0.05, 0) is 12.8 Å². The van der Waals surface area contributed by atoms with E-state index < -0.39 is 0 Å². The Hall–Kier alpha value is -1.03. The lowest BCUT2D eigenvalue weighted by atomic mass is 10.1. The molecule has 0 amide bonds. The van der Waals surface area contributed by atoms with Crippen molar-refractivity contribution in [1.82, 2.24) is 9.97 Å². The first-order valence-corrected chi connectivity index (χ1v) is 6.18. The molecule has 0 bridgehead atoms. The second kappa shape index (κ2) is 5.34. The zero-order chi connectivity index (χ0) is 11.4. The first-order chi connectivity index (χ1) is 7.79. The molecular weight excluding hydrogens is 224 g/mol. The van der Waals surface area contributed by atoms with E-state index in [-0.39, 0.29) is 0 Å². The second-order valence-electron chi connectivity index (χ2n) is 4.15. The van der Waals surface area contributed by atoms with Gasteiger partial charge in [-0.1, -0.05) is 30.9 Å². The molecule has 2 N–H and O–H groups in total. The monoisotopic (exact) mass is 240 g/mol. The summed E-state index contributed by atoms with van der Waals surface area (Å²) < 4.78 is 0. The summed E-state index contributed by atoms with van der Waals surface area (Å²) in [4.78, 5) is 10.3. The molecule has 1 aromatic rings. The van der Waals surface area contributed by atoms with Crippen LogP contribution in [0, 0.1) is 0 Å². The summed E-state index contributed by atoms with van der Waals surface area (Å²) in [5.41, 5.74) is 5.69. The molecule has 1 saturated heterocycles. The molecule has 1 aromatic heterocycles. The first-order valence-electron chi connectivity index (χ1n) is 5.80. The molecule has 2 rings (SSSR count). The number of hydrogen-bond donors (Lipinski definition) is 1. The molecule has 1 aliphatic rings. The lowest BCUT2D eigenvalue weighted by Crippen LogP contribution is -2.28. The van der Waals surface area contributed by atoms with Gasteiger partial charge in [0.15, 0.2) is 5.82 Å². The molecule has 4 nitrogen and oxygen atoms in total. The van der Waals surface area contributed by atoms with Crippen LogP contribution in [0.5, 0.6) is 0 Å². The molecule has 0 atom stereocenters. The Bertz CT molecular complexity index is 348. The fraction of sp³-hybridized carbons (Fsp3) is 0.636. The third kappa shape index (κ3) is 2.55. The third-order valence-corrected chi connectivity index (χ3v) is 3.32. The SMILES string of the molecule is Nc1ncnc(N2CCCCCCC2)c1Cl. The van der Waals surface area contributed by atoms with Gasteiger partial charge in [-0.2, -0.15) is 0 Å². The maximum Gasteiger partial charge on any atom is 0.153 e. The number of nitrogen functional groups attached to an aromatic ring is 1. The van der Waals surface area contributed by atoms with Gasteiger partial charge in [-0.15, -0.1) is 0 Å². The number of aromatic nitrogens is 2. The smallest absolute Gasteiger partial charge is 0.153 e. The Morgan fingerprint density at radius 1 is 1.06 bits per heavy atom. The molecule has 0 saturated carbocycles. The van der Waals surface area contributed by atoms with E-state index in [0.29, 0.717) is 10.8 Å². The quantitative estimate of drug-likeness (QED) is 0.820. The van der Waals surface area contributed by atoms with Crippen molar-refractivity contribution in [2.24, 2.45) is 0 Å². The van der Waals surface area contributed by atoms with E-state index in [1.54, 1.807) is 0 Å². The summed E-state index contributed by atoms with van der Waals surface area (Å²) in [7, 11) is 0. The van der Waals surface area contributed by atoms with Gasteiger partial charge in [-0.25, -0.2) is 9.97 Å². The van der Waals surface area contributed by atoms with Crippen LogP contribution in [-0.2, 0) is 0 Å². The van der Waals surface area contributed by atoms with Crippen LogP contribution in [0.15, 0.2) is 6.33 Å². The Kier molecular flexibility index (Phi) is 3.83. The largest absolute Gasteiger partial charge is 0.382 e. The minimum atomic E-state index is 0.369. The van der Waals surface area contributed by atoms with Crippen molar-refractivity contribution in [2.75, 3.05) is 23.7 Å². The van der Waals surface area contributed by atoms with Crippen molar-refractivity contribution < 1.29 is 0 Å². The van der Waals surface area contributed by atoms with Gasteiger partial charge < -0.3 is 10.6 Å². The van der Waals surface area contributed by atoms with Gasteiger partial charge in [0.2, 0.25) is 0 Å². The minimum absolute atomic E-state index is 0.369. The summed E-state index contributed by atoms with van der Waals surface area (Å²) in [6.45, 7) is 2.02. The molecule has 0 aliphatic carbocycles. The molecule has 1 fully saturated rings. The zero-order valence-electron chi connectivity index (χ0n) is 9.32. The molecule has 2 heterocycles. The van der Waals surface area contributed by atoms with Crippen molar-refractivity contribution in [2.45, 2.75) is 32.1 Å². The maximum atomic E-state index is 6.13. The second-order valence-corrected chi connectivity index (χ2v) is 4.53. The molecule has 1 aliphatic heterocycles. The van der Waals surface area contributed by atoms with Crippen molar-refractivity contribution in [1.29, 1.82) is 0 Å². The van der Waals surface area contributed by atoms with Crippen LogP contribution < -0.4 is 10.6 Å². The van der Waals surface area contributed by atoms with E-state index in [0.717, 1.165) is 18.9 Å². The predicted octanol–water partition coefficient (Wildman–Crippen LogP) is 2.48. The van der Waals surface area contributed by atoms with E-state index in [9.17, 15) is 0 Å². The molecule has 0 aromatic carbocycles. The Morgan fingerprint density at radius 3 is 2.38 bits per heavy atom. The summed E-state index contributed by atoms with van der Waals surface area (Å²) in [6, 6.07) is 0. The third-order valence-electron chi connectivity index (χ3n) is 2.95. The topological polar surface area (TPSA) is 55.0 Å². The molecule has 0 radical (unpaired) electrons. The highest BCUT2D eigenvalue weighted by molar-refractivity contribution is 6.35. The highest BCUT2D eigenvalue weighted by Crippen LogP contribution is 2.28. The van der Waals surface area contributed by atoms with E-state index in [2.05, 4.69) is 14.9 Å². The van der Waals surface area contributed by atoms with Gasteiger partial charge in [-0.3, -0.25) is 0 Å². The van der Waals surface area contributed by atoms with Crippen LogP contribution in [0.1, 0.15) is 32.1 Å². The highest BCUT2D eigenvalue weighted by atomic mass is 35.5. The van der Waals surface area contributed by atoms with Gasteiger partial charge >= 0.3 is 0 Å². The average molecular weight is 241 g/mol.